The second kappa shape index (κ2) is 5.78. The van der Waals surface area contributed by atoms with Crippen molar-refractivity contribution in [2.75, 3.05) is 13.7 Å². The first-order valence-corrected chi connectivity index (χ1v) is 4.98. The molecule has 3 heteroatoms. The zero-order valence-corrected chi connectivity index (χ0v) is 10.2. The predicted octanol–water partition coefficient (Wildman–Crippen LogP) is 2.56. The fraction of sp³-hybridized carbons (Fsp3) is 0.818. The van der Waals surface area contributed by atoms with Gasteiger partial charge in [0.05, 0.1) is 12.8 Å². The van der Waals surface area contributed by atoms with Crippen LogP contribution in [0.25, 0.3) is 0 Å². The summed E-state index contributed by atoms with van der Waals surface area (Å²) in [6.45, 7) is 11.1. The van der Waals surface area contributed by atoms with Crippen LogP contribution < -0.4 is 0 Å². The largest absolute Gasteiger partial charge is 0.476 e. The maximum Gasteiger partial charge on any atom is 0.227 e. The maximum absolute atomic E-state index is 5.56. The molecule has 0 aromatic carbocycles. The van der Waals surface area contributed by atoms with E-state index >= 15 is 0 Å². The SMILES string of the molecule is CN=CC(=NC(C)C)OCC(C)(C)C. The second-order valence-corrected chi connectivity index (χ2v) is 4.80. The molecule has 0 radical (unpaired) electrons. The second-order valence-electron chi connectivity index (χ2n) is 4.80. The van der Waals surface area contributed by atoms with Gasteiger partial charge >= 0.3 is 0 Å². The summed E-state index contributed by atoms with van der Waals surface area (Å²) in [5, 5.41) is 0. The van der Waals surface area contributed by atoms with Crippen LogP contribution in [0.3, 0.4) is 0 Å². The summed E-state index contributed by atoms with van der Waals surface area (Å²) in [5.41, 5.74) is 0.152. The topological polar surface area (TPSA) is 34.0 Å². The van der Waals surface area contributed by atoms with Gasteiger partial charge in [0.25, 0.3) is 0 Å². The van der Waals surface area contributed by atoms with Crippen LogP contribution >= 0.6 is 0 Å². The van der Waals surface area contributed by atoms with E-state index in [0.717, 1.165) is 0 Å². The molecule has 0 unspecified atom stereocenters. The first-order valence-electron chi connectivity index (χ1n) is 4.98. The van der Waals surface area contributed by atoms with Crippen LogP contribution in [-0.4, -0.2) is 31.8 Å². The molecule has 0 N–H and O–H groups in total. The Morgan fingerprint density at radius 2 is 1.93 bits per heavy atom. The maximum atomic E-state index is 5.56. The lowest BCUT2D eigenvalue weighted by molar-refractivity contribution is 0.190. The molecule has 14 heavy (non-hydrogen) atoms. The standard InChI is InChI=1S/C11H22N2O/c1-9(2)13-10(7-12-6)14-8-11(3,4)5/h7,9H,8H2,1-6H3. The molecule has 3 nitrogen and oxygen atoms in total. The van der Waals surface area contributed by atoms with Gasteiger partial charge in [0, 0.05) is 13.1 Å². The van der Waals surface area contributed by atoms with Gasteiger partial charge in [-0.05, 0) is 19.3 Å². The van der Waals surface area contributed by atoms with Crippen molar-refractivity contribution in [2.45, 2.75) is 40.7 Å². The summed E-state index contributed by atoms with van der Waals surface area (Å²) in [4.78, 5) is 8.22. The summed E-state index contributed by atoms with van der Waals surface area (Å²) >= 11 is 0. The normalized spacial score (nSPS) is 14.1. The molecule has 0 aliphatic carbocycles. The molecule has 0 aliphatic rings. The molecular weight excluding hydrogens is 176 g/mol. The van der Waals surface area contributed by atoms with E-state index < -0.39 is 0 Å². The minimum Gasteiger partial charge on any atom is -0.476 e. The molecule has 0 fully saturated rings. The summed E-state index contributed by atoms with van der Waals surface area (Å²) in [7, 11) is 1.72. The van der Waals surface area contributed by atoms with Crippen molar-refractivity contribution in [2.24, 2.45) is 15.4 Å². The molecule has 0 bridgehead atoms. The Hall–Kier alpha value is -0.860. The Morgan fingerprint density at radius 3 is 2.29 bits per heavy atom. The Labute approximate surface area is 87.3 Å². The van der Waals surface area contributed by atoms with Crippen molar-refractivity contribution in [3.63, 3.8) is 0 Å². The first-order chi connectivity index (χ1) is 6.35. The lowest BCUT2D eigenvalue weighted by atomic mass is 9.99. The first kappa shape index (κ1) is 13.1. The van der Waals surface area contributed by atoms with Gasteiger partial charge in [-0.3, -0.25) is 4.99 Å². The van der Waals surface area contributed by atoms with Crippen LogP contribution in [0.2, 0.25) is 0 Å². The number of hydrogen-bond donors (Lipinski definition) is 0. The van der Waals surface area contributed by atoms with E-state index in [1.807, 2.05) is 13.8 Å². The van der Waals surface area contributed by atoms with Gasteiger partial charge in [-0.1, -0.05) is 20.8 Å². The van der Waals surface area contributed by atoms with Gasteiger partial charge in [0.2, 0.25) is 5.90 Å². The average Bonchev–Trinajstić information content (AvgIpc) is 1.98. The van der Waals surface area contributed by atoms with Gasteiger partial charge in [0.15, 0.2) is 0 Å². The zero-order chi connectivity index (χ0) is 11.2. The summed E-state index contributed by atoms with van der Waals surface area (Å²) in [6.07, 6.45) is 1.66. The zero-order valence-electron chi connectivity index (χ0n) is 10.2. The fourth-order valence-electron chi connectivity index (χ4n) is 0.763. The fourth-order valence-corrected chi connectivity index (χ4v) is 0.763. The molecule has 0 amide bonds. The van der Waals surface area contributed by atoms with E-state index in [-0.39, 0.29) is 11.5 Å². The van der Waals surface area contributed by atoms with E-state index in [1.165, 1.54) is 0 Å². The Kier molecular flexibility index (Phi) is 5.43. The third-order valence-corrected chi connectivity index (χ3v) is 1.28. The van der Waals surface area contributed by atoms with E-state index in [2.05, 4.69) is 30.8 Å². The quantitative estimate of drug-likeness (QED) is 0.507. The molecular formula is C11H22N2O. The van der Waals surface area contributed by atoms with Crippen LogP contribution in [0, 0.1) is 5.41 Å². The monoisotopic (exact) mass is 198 g/mol. The van der Waals surface area contributed by atoms with Crippen LogP contribution in [0.15, 0.2) is 9.98 Å². The lowest BCUT2D eigenvalue weighted by Gasteiger charge is -2.18. The molecule has 0 aromatic heterocycles. The Balaban J connectivity index is 4.25. The molecule has 0 spiro atoms. The average molecular weight is 198 g/mol. The van der Waals surface area contributed by atoms with Gasteiger partial charge in [0.1, 0.15) is 0 Å². The van der Waals surface area contributed by atoms with Crippen LogP contribution in [0.4, 0.5) is 0 Å². The third-order valence-electron chi connectivity index (χ3n) is 1.28. The molecule has 0 saturated carbocycles. The lowest BCUT2D eigenvalue weighted by Crippen LogP contribution is -2.20. The minimum atomic E-state index is 0.152. The molecule has 0 aliphatic heterocycles. The highest BCUT2D eigenvalue weighted by atomic mass is 16.5. The van der Waals surface area contributed by atoms with Gasteiger partial charge in [-0.25, -0.2) is 4.99 Å². The highest BCUT2D eigenvalue weighted by molar-refractivity contribution is 6.26. The molecule has 0 rings (SSSR count). The number of hydrogen-bond acceptors (Lipinski definition) is 3. The van der Waals surface area contributed by atoms with Crippen LogP contribution in [0.5, 0.6) is 0 Å². The van der Waals surface area contributed by atoms with E-state index in [0.29, 0.717) is 12.5 Å². The highest BCUT2D eigenvalue weighted by Gasteiger charge is 2.12. The summed E-state index contributed by atoms with van der Waals surface area (Å²) < 4.78 is 5.56. The number of nitrogens with zero attached hydrogens (tertiary/aromatic N) is 2. The van der Waals surface area contributed by atoms with E-state index in [1.54, 1.807) is 13.3 Å². The summed E-state index contributed by atoms with van der Waals surface area (Å²) in [6, 6.07) is 0.239. The van der Waals surface area contributed by atoms with Crippen LogP contribution in [-0.2, 0) is 4.74 Å². The van der Waals surface area contributed by atoms with Crippen molar-refractivity contribution in [3.8, 4) is 0 Å². The van der Waals surface area contributed by atoms with Crippen molar-refractivity contribution in [1.29, 1.82) is 0 Å². The van der Waals surface area contributed by atoms with Gasteiger partial charge < -0.3 is 4.74 Å². The predicted molar refractivity (Wildman–Crippen MR) is 62.4 cm³/mol. The van der Waals surface area contributed by atoms with Gasteiger partial charge in [-0.2, -0.15) is 0 Å². The number of ether oxygens (including phenoxy) is 1. The Bertz CT molecular complexity index is 212. The van der Waals surface area contributed by atoms with Crippen molar-refractivity contribution in [3.05, 3.63) is 0 Å². The number of rotatable bonds is 3. The molecule has 0 atom stereocenters. The van der Waals surface area contributed by atoms with E-state index in [4.69, 9.17) is 4.74 Å². The Morgan fingerprint density at radius 1 is 1.36 bits per heavy atom. The molecule has 82 valence electrons. The number of aliphatic imine (C=N–C) groups is 2. The van der Waals surface area contributed by atoms with Crippen molar-refractivity contribution in [1.82, 2.24) is 0 Å². The van der Waals surface area contributed by atoms with Gasteiger partial charge in [-0.15, -0.1) is 0 Å². The van der Waals surface area contributed by atoms with Crippen molar-refractivity contribution < 1.29 is 4.74 Å². The van der Waals surface area contributed by atoms with Crippen LogP contribution in [0.1, 0.15) is 34.6 Å². The van der Waals surface area contributed by atoms with Crippen molar-refractivity contribution >= 4 is 12.1 Å². The minimum absolute atomic E-state index is 0.152. The molecule has 0 heterocycles. The summed E-state index contributed by atoms with van der Waals surface area (Å²) in [5.74, 6) is 0.623. The molecule has 0 aromatic rings. The highest BCUT2D eigenvalue weighted by Crippen LogP contribution is 2.12. The molecule has 0 saturated heterocycles. The third kappa shape index (κ3) is 7.77. The smallest absolute Gasteiger partial charge is 0.227 e. The van der Waals surface area contributed by atoms with E-state index in [9.17, 15) is 0 Å².